The number of unbranched alkanes of at least 4 members (excludes halogenated alkanes) is 2. The molecule has 4 nitrogen and oxygen atoms in total. The van der Waals surface area contributed by atoms with Crippen LogP contribution in [0.15, 0.2) is 6.07 Å². The number of nitrogens with one attached hydrogen (secondary N) is 1. The largest absolute Gasteiger partial charge is 0.478 e. The molecule has 0 aromatic carbocycles. The van der Waals surface area contributed by atoms with Crippen LogP contribution in [0.1, 0.15) is 66.1 Å². The number of hydrogen-bond donors (Lipinski definition) is 1. The molecule has 1 heterocycles. The summed E-state index contributed by atoms with van der Waals surface area (Å²) >= 11 is 0. The fourth-order valence-corrected chi connectivity index (χ4v) is 1.71. The van der Waals surface area contributed by atoms with Gasteiger partial charge in [0.05, 0.1) is 6.61 Å². The molecule has 0 aliphatic rings. The monoisotopic (exact) mass is 279 g/mol. The first-order valence-corrected chi connectivity index (χ1v) is 7.73. The molecule has 0 aliphatic carbocycles. The maximum atomic E-state index is 5.77. The first kappa shape index (κ1) is 16.7. The highest BCUT2D eigenvalue weighted by molar-refractivity contribution is 5.39. The third-order valence-corrected chi connectivity index (χ3v) is 2.93. The van der Waals surface area contributed by atoms with Crippen LogP contribution in [0.2, 0.25) is 0 Å². The van der Waals surface area contributed by atoms with Gasteiger partial charge in [-0.05, 0) is 12.8 Å². The zero-order valence-electron chi connectivity index (χ0n) is 13.6. The Kier molecular flexibility index (Phi) is 6.76. The first-order valence-electron chi connectivity index (χ1n) is 7.73. The second kappa shape index (κ2) is 8.08. The molecular weight excluding hydrogens is 250 g/mol. The van der Waals surface area contributed by atoms with Crippen LogP contribution in [0.3, 0.4) is 0 Å². The van der Waals surface area contributed by atoms with Crippen molar-refractivity contribution in [2.45, 2.75) is 65.7 Å². The summed E-state index contributed by atoms with van der Waals surface area (Å²) in [6, 6.07) is 1.90. The van der Waals surface area contributed by atoms with Gasteiger partial charge in [0.1, 0.15) is 11.6 Å². The highest BCUT2D eigenvalue weighted by Crippen LogP contribution is 2.23. The molecule has 0 atom stereocenters. The summed E-state index contributed by atoms with van der Waals surface area (Å²) < 4.78 is 5.77. The third-order valence-electron chi connectivity index (χ3n) is 2.93. The quantitative estimate of drug-likeness (QED) is 0.726. The fraction of sp³-hybridized carbons (Fsp3) is 0.750. The third kappa shape index (κ3) is 5.76. The number of nitrogens with zero attached hydrogens (tertiary/aromatic N) is 2. The molecule has 0 bridgehead atoms. The van der Waals surface area contributed by atoms with E-state index >= 15 is 0 Å². The van der Waals surface area contributed by atoms with Gasteiger partial charge in [-0.25, -0.2) is 4.98 Å². The van der Waals surface area contributed by atoms with Gasteiger partial charge in [-0.2, -0.15) is 4.98 Å². The van der Waals surface area contributed by atoms with Crippen LogP contribution in [0, 0.1) is 0 Å². The van der Waals surface area contributed by atoms with Crippen molar-refractivity contribution in [3.8, 4) is 5.88 Å². The summed E-state index contributed by atoms with van der Waals surface area (Å²) in [4.78, 5) is 9.12. The molecule has 1 N–H and O–H groups in total. The minimum absolute atomic E-state index is 0.0779. The Balaban J connectivity index is 2.80. The van der Waals surface area contributed by atoms with Crippen molar-refractivity contribution in [1.82, 2.24) is 9.97 Å². The van der Waals surface area contributed by atoms with E-state index in [4.69, 9.17) is 4.74 Å². The molecule has 0 saturated heterocycles. The summed E-state index contributed by atoms with van der Waals surface area (Å²) in [5.41, 5.74) is -0.0779. The minimum Gasteiger partial charge on any atom is -0.478 e. The lowest BCUT2D eigenvalue weighted by Gasteiger charge is -2.19. The van der Waals surface area contributed by atoms with Crippen molar-refractivity contribution < 1.29 is 4.74 Å². The summed E-state index contributed by atoms with van der Waals surface area (Å²) in [7, 11) is 0. The minimum atomic E-state index is -0.0779. The molecule has 0 unspecified atom stereocenters. The molecule has 0 spiro atoms. The Morgan fingerprint density at radius 2 is 1.85 bits per heavy atom. The number of anilines is 1. The van der Waals surface area contributed by atoms with Gasteiger partial charge in [0, 0.05) is 18.0 Å². The van der Waals surface area contributed by atoms with Crippen molar-refractivity contribution in [2.24, 2.45) is 0 Å². The average molecular weight is 279 g/mol. The second-order valence-corrected chi connectivity index (χ2v) is 6.15. The van der Waals surface area contributed by atoms with E-state index < -0.39 is 0 Å². The van der Waals surface area contributed by atoms with E-state index in [1.54, 1.807) is 0 Å². The molecular formula is C16H29N3O. The van der Waals surface area contributed by atoms with Crippen molar-refractivity contribution in [3.05, 3.63) is 11.9 Å². The zero-order chi connectivity index (χ0) is 15.0. The normalized spacial score (nSPS) is 11.4. The van der Waals surface area contributed by atoms with E-state index in [0.717, 1.165) is 37.6 Å². The summed E-state index contributed by atoms with van der Waals surface area (Å²) in [6.07, 6.45) is 4.53. The van der Waals surface area contributed by atoms with Crippen LogP contribution >= 0.6 is 0 Å². The summed E-state index contributed by atoms with van der Waals surface area (Å²) in [5, 5.41) is 3.32. The van der Waals surface area contributed by atoms with Crippen molar-refractivity contribution in [2.75, 3.05) is 18.5 Å². The van der Waals surface area contributed by atoms with Crippen LogP contribution in [-0.4, -0.2) is 23.1 Å². The lowest BCUT2D eigenvalue weighted by molar-refractivity contribution is 0.291. The van der Waals surface area contributed by atoms with Crippen LogP contribution in [0.5, 0.6) is 5.88 Å². The van der Waals surface area contributed by atoms with Gasteiger partial charge in [0.2, 0.25) is 5.88 Å². The van der Waals surface area contributed by atoms with Gasteiger partial charge in [-0.15, -0.1) is 0 Å². The van der Waals surface area contributed by atoms with E-state index in [1.165, 1.54) is 12.8 Å². The number of rotatable bonds is 8. The molecule has 20 heavy (non-hydrogen) atoms. The average Bonchev–Trinajstić information content (AvgIpc) is 2.40. The van der Waals surface area contributed by atoms with Crippen LogP contribution in [0.25, 0.3) is 0 Å². The van der Waals surface area contributed by atoms with Gasteiger partial charge >= 0.3 is 0 Å². The van der Waals surface area contributed by atoms with E-state index in [9.17, 15) is 0 Å². The van der Waals surface area contributed by atoms with E-state index in [0.29, 0.717) is 5.88 Å². The molecule has 4 heteroatoms. The molecule has 1 aromatic rings. The Morgan fingerprint density at radius 1 is 1.10 bits per heavy atom. The maximum Gasteiger partial charge on any atom is 0.218 e. The van der Waals surface area contributed by atoms with Gasteiger partial charge in [0.15, 0.2) is 0 Å². The van der Waals surface area contributed by atoms with Crippen molar-refractivity contribution >= 4 is 5.82 Å². The molecule has 1 rings (SSSR count). The molecule has 0 saturated carbocycles. The number of ether oxygens (including phenoxy) is 1. The SMILES string of the molecule is CCCCCOc1cc(NCCC)nc(C(C)(C)C)n1. The predicted octanol–water partition coefficient (Wildman–Crippen LogP) is 4.17. The molecule has 0 aliphatic heterocycles. The van der Waals surface area contributed by atoms with E-state index in [1.807, 2.05) is 6.07 Å². The molecule has 1 aromatic heterocycles. The predicted molar refractivity (Wildman–Crippen MR) is 84.5 cm³/mol. The molecule has 0 radical (unpaired) electrons. The number of aromatic nitrogens is 2. The Hall–Kier alpha value is -1.32. The van der Waals surface area contributed by atoms with Crippen LogP contribution in [-0.2, 0) is 5.41 Å². The lowest BCUT2D eigenvalue weighted by Crippen LogP contribution is -2.18. The van der Waals surface area contributed by atoms with Crippen molar-refractivity contribution in [3.63, 3.8) is 0 Å². The summed E-state index contributed by atoms with van der Waals surface area (Å²) in [5.74, 6) is 2.36. The number of hydrogen-bond acceptors (Lipinski definition) is 4. The summed E-state index contributed by atoms with van der Waals surface area (Å²) in [6.45, 7) is 12.3. The highest BCUT2D eigenvalue weighted by atomic mass is 16.5. The smallest absolute Gasteiger partial charge is 0.218 e. The van der Waals surface area contributed by atoms with Crippen molar-refractivity contribution in [1.29, 1.82) is 0 Å². The molecule has 114 valence electrons. The Morgan fingerprint density at radius 3 is 2.45 bits per heavy atom. The molecule has 0 amide bonds. The zero-order valence-corrected chi connectivity index (χ0v) is 13.6. The van der Waals surface area contributed by atoms with Gasteiger partial charge < -0.3 is 10.1 Å². The van der Waals surface area contributed by atoms with Gasteiger partial charge in [-0.1, -0.05) is 47.5 Å². The maximum absolute atomic E-state index is 5.77. The second-order valence-electron chi connectivity index (χ2n) is 6.15. The molecule has 0 fully saturated rings. The van der Waals surface area contributed by atoms with Gasteiger partial charge in [-0.3, -0.25) is 0 Å². The topological polar surface area (TPSA) is 47.0 Å². The standard InChI is InChI=1S/C16H29N3O/c1-6-8-9-11-20-14-12-13(17-10-7-2)18-15(19-14)16(3,4)5/h12H,6-11H2,1-5H3,(H,17,18,19). The van der Waals surface area contributed by atoms with E-state index in [-0.39, 0.29) is 5.41 Å². The van der Waals surface area contributed by atoms with Crippen LogP contribution < -0.4 is 10.1 Å². The van der Waals surface area contributed by atoms with Gasteiger partial charge in [0.25, 0.3) is 0 Å². The Bertz CT molecular complexity index is 399. The Labute approximate surface area is 123 Å². The first-order chi connectivity index (χ1) is 9.47. The van der Waals surface area contributed by atoms with Crippen LogP contribution in [0.4, 0.5) is 5.82 Å². The van der Waals surface area contributed by atoms with E-state index in [2.05, 4.69) is 49.9 Å². The fourth-order valence-electron chi connectivity index (χ4n) is 1.71. The highest BCUT2D eigenvalue weighted by Gasteiger charge is 2.19. The lowest BCUT2D eigenvalue weighted by atomic mass is 9.96.